The summed E-state index contributed by atoms with van der Waals surface area (Å²) in [5, 5.41) is 7.65. The highest BCUT2D eigenvalue weighted by atomic mass is 16.5. The number of hydrogen-bond acceptors (Lipinski definition) is 4. The molecule has 1 fully saturated rings. The maximum atomic E-state index is 5.24. The molecule has 1 aliphatic rings. The molecule has 0 aromatic carbocycles. The lowest BCUT2D eigenvalue weighted by molar-refractivity contribution is 0.225. The summed E-state index contributed by atoms with van der Waals surface area (Å²) in [6.07, 6.45) is 3.99. The van der Waals surface area contributed by atoms with Crippen LogP contribution in [0.1, 0.15) is 43.2 Å². The maximum Gasteiger partial charge on any atom is 0.138 e. The minimum absolute atomic E-state index is 0.652. The highest BCUT2D eigenvalue weighted by Gasteiger charge is 2.18. The second-order valence-electron chi connectivity index (χ2n) is 5.28. The van der Waals surface area contributed by atoms with E-state index in [1.54, 1.807) is 0 Å². The molecule has 18 heavy (non-hydrogen) atoms. The van der Waals surface area contributed by atoms with E-state index in [-0.39, 0.29) is 0 Å². The Morgan fingerprint density at radius 2 is 2.22 bits per heavy atom. The minimum atomic E-state index is 0.652. The monoisotopic (exact) mass is 251 g/mol. The van der Waals surface area contributed by atoms with Crippen molar-refractivity contribution in [1.29, 1.82) is 0 Å². The van der Waals surface area contributed by atoms with Crippen molar-refractivity contribution in [3.8, 4) is 0 Å². The van der Waals surface area contributed by atoms with Gasteiger partial charge >= 0.3 is 0 Å². The highest BCUT2D eigenvalue weighted by molar-refractivity contribution is 5.20. The SMILES string of the molecule is CCN(Cc1c(C)noc1C)CC1CCCCN1. The predicted molar refractivity (Wildman–Crippen MR) is 72.6 cm³/mol. The molecule has 0 spiro atoms. The molecule has 1 aromatic rings. The van der Waals surface area contributed by atoms with Gasteiger partial charge < -0.3 is 9.84 Å². The molecule has 2 heterocycles. The number of nitrogens with one attached hydrogen (secondary N) is 1. The van der Waals surface area contributed by atoms with Gasteiger partial charge in [0.15, 0.2) is 0 Å². The smallest absolute Gasteiger partial charge is 0.138 e. The average Bonchev–Trinajstić information content (AvgIpc) is 2.70. The number of hydrogen-bond donors (Lipinski definition) is 1. The van der Waals surface area contributed by atoms with E-state index in [0.717, 1.165) is 31.1 Å². The molecule has 0 radical (unpaired) electrons. The van der Waals surface area contributed by atoms with Crippen molar-refractivity contribution in [2.75, 3.05) is 19.6 Å². The Kier molecular flexibility index (Phi) is 4.78. The van der Waals surface area contributed by atoms with Gasteiger partial charge in [-0.1, -0.05) is 18.5 Å². The number of aromatic nitrogens is 1. The zero-order chi connectivity index (χ0) is 13.0. The minimum Gasteiger partial charge on any atom is -0.361 e. The lowest BCUT2D eigenvalue weighted by Gasteiger charge is -2.29. The van der Waals surface area contributed by atoms with Gasteiger partial charge in [0.2, 0.25) is 0 Å². The van der Waals surface area contributed by atoms with Gasteiger partial charge in [0.05, 0.1) is 5.69 Å². The zero-order valence-corrected chi connectivity index (χ0v) is 11.8. The third kappa shape index (κ3) is 3.33. The topological polar surface area (TPSA) is 41.3 Å². The third-order valence-electron chi connectivity index (χ3n) is 3.90. The van der Waals surface area contributed by atoms with Crippen molar-refractivity contribution in [3.05, 3.63) is 17.0 Å². The van der Waals surface area contributed by atoms with E-state index >= 15 is 0 Å². The summed E-state index contributed by atoms with van der Waals surface area (Å²) in [5.41, 5.74) is 2.29. The summed E-state index contributed by atoms with van der Waals surface area (Å²) in [6, 6.07) is 0.652. The maximum absolute atomic E-state index is 5.24. The third-order valence-corrected chi connectivity index (χ3v) is 3.90. The van der Waals surface area contributed by atoms with Crippen LogP contribution in [-0.2, 0) is 6.54 Å². The Morgan fingerprint density at radius 1 is 1.39 bits per heavy atom. The summed E-state index contributed by atoms with van der Waals surface area (Å²) in [4.78, 5) is 2.48. The van der Waals surface area contributed by atoms with Crippen LogP contribution in [0.4, 0.5) is 0 Å². The van der Waals surface area contributed by atoms with Gasteiger partial charge in [0, 0.05) is 24.7 Å². The molecule has 4 heteroatoms. The second kappa shape index (κ2) is 6.34. The number of aryl methyl sites for hydroxylation is 2. The van der Waals surface area contributed by atoms with Crippen LogP contribution >= 0.6 is 0 Å². The number of rotatable bonds is 5. The first-order valence-electron chi connectivity index (χ1n) is 7.08. The van der Waals surface area contributed by atoms with E-state index in [2.05, 4.69) is 22.3 Å². The Hall–Kier alpha value is -0.870. The molecule has 102 valence electrons. The summed E-state index contributed by atoms with van der Waals surface area (Å²) >= 11 is 0. The normalized spacial score (nSPS) is 20.6. The summed E-state index contributed by atoms with van der Waals surface area (Å²) in [6.45, 7) is 10.6. The molecule has 1 aromatic heterocycles. The van der Waals surface area contributed by atoms with Crippen LogP contribution < -0.4 is 5.32 Å². The summed E-state index contributed by atoms with van der Waals surface area (Å²) in [5.74, 6) is 0.961. The van der Waals surface area contributed by atoms with Crippen LogP contribution in [0, 0.1) is 13.8 Å². The van der Waals surface area contributed by atoms with Crippen LogP contribution in [0.3, 0.4) is 0 Å². The molecule has 2 rings (SSSR count). The molecule has 1 atom stereocenters. The predicted octanol–water partition coefficient (Wildman–Crippen LogP) is 2.26. The van der Waals surface area contributed by atoms with Crippen LogP contribution in [-0.4, -0.2) is 35.7 Å². The van der Waals surface area contributed by atoms with Gasteiger partial charge in [-0.05, 0) is 39.8 Å². The van der Waals surface area contributed by atoms with E-state index in [4.69, 9.17) is 4.52 Å². The summed E-state index contributed by atoms with van der Waals surface area (Å²) < 4.78 is 5.24. The largest absolute Gasteiger partial charge is 0.361 e. The van der Waals surface area contributed by atoms with Crippen molar-refractivity contribution in [2.24, 2.45) is 0 Å². The van der Waals surface area contributed by atoms with Crippen LogP contribution in [0.25, 0.3) is 0 Å². The molecule has 0 amide bonds. The molecule has 0 aliphatic carbocycles. The first-order chi connectivity index (χ1) is 8.70. The molecule has 1 aliphatic heterocycles. The van der Waals surface area contributed by atoms with E-state index in [0.29, 0.717) is 6.04 Å². The van der Waals surface area contributed by atoms with E-state index < -0.39 is 0 Å². The highest BCUT2D eigenvalue weighted by Crippen LogP contribution is 2.16. The fraction of sp³-hybridized carbons (Fsp3) is 0.786. The zero-order valence-electron chi connectivity index (χ0n) is 11.8. The van der Waals surface area contributed by atoms with Crippen molar-refractivity contribution < 1.29 is 4.52 Å². The first-order valence-corrected chi connectivity index (χ1v) is 7.08. The number of likely N-dealkylation sites (N-methyl/N-ethyl adjacent to an activating group) is 1. The van der Waals surface area contributed by atoms with Gasteiger partial charge in [-0.15, -0.1) is 0 Å². The van der Waals surface area contributed by atoms with Crippen LogP contribution in [0.2, 0.25) is 0 Å². The average molecular weight is 251 g/mol. The fourth-order valence-corrected chi connectivity index (χ4v) is 2.65. The molecule has 0 bridgehead atoms. The Balaban J connectivity index is 1.92. The van der Waals surface area contributed by atoms with Crippen molar-refractivity contribution in [1.82, 2.24) is 15.4 Å². The number of nitrogens with zero attached hydrogens (tertiary/aromatic N) is 2. The Morgan fingerprint density at radius 3 is 2.78 bits per heavy atom. The standard InChI is InChI=1S/C14H25N3O/c1-4-17(9-13-7-5-6-8-15-13)10-14-11(2)16-18-12(14)3/h13,15H,4-10H2,1-3H3. The fourth-order valence-electron chi connectivity index (χ4n) is 2.65. The molecule has 0 saturated carbocycles. The molecule has 1 saturated heterocycles. The summed E-state index contributed by atoms with van der Waals surface area (Å²) in [7, 11) is 0. The first kappa shape index (κ1) is 13.6. The molecular weight excluding hydrogens is 226 g/mol. The molecule has 1 unspecified atom stereocenters. The Labute approximate surface area is 110 Å². The van der Waals surface area contributed by atoms with Crippen LogP contribution in [0.15, 0.2) is 4.52 Å². The molecule has 4 nitrogen and oxygen atoms in total. The van der Waals surface area contributed by atoms with Gasteiger partial charge in [-0.25, -0.2) is 0 Å². The van der Waals surface area contributed by atoms with Gasteiger partial charge in [-0.2, -0.15) is 0 Å². The van der Waals surface area contributed by atoms with Gasteiger partial charge in [-0.3, -0.25) is 4.90 Å². The van der Waals surface area contributed by atoms with Crippen molar-refractivity contribution >= 4 is 0 Å². The van der Waals surface area contributed by atoms with Crippen LogP contribution in [0.5, 0.6) is 0 Å². The second-order valence-corrected chi connectivity index (χ2v) is 5.28. The van der Waals surface area contributed by atoms with Crippen molar-refractivity contribution in [3.63, 3.8) is 0 Å². The lowest BCUT2D eigenvalue weighted by Crippen LogP contribution is -2.43. The van der Waals surface area contributed by atoms with Gasteiger partial charge in [0.25, 0.3) is 0 Å². The van der Waals surface area contributed by atoms with Crippen molar-refractivity contribution in [2.45, 2.75) is 52.6 Å². The van der Waals surface area contributed by atoms with E-state index in [1.165, 1.54) is 31.4 Å². The lowest BCUT2D eigenvalue weighted by atomic mass is 10.0. The quantitative estimate of drug-likeness (QED) is 0.871. The van der Waals surface area contributed by atoms with E-state index in [9.17, 15) is 0 Å². The molecule has 1 N–H and O–H groups in total. The van der Waals surface area contributed by atoms with Gasteiger partial charge in [0.1, 0.15) is 5.76 Å². The van der Waals surface area contributed by atoms with E-state index in [1.807, 2.05) is 13.8 Å². The molecular formula is C14H25N3O. The number of piperidine rings is 1. The Bertz CT molecular complexity index is 350.